The Kier molecular flexibility index (Phi) is 3.46. The van der Waals surface area contributed by atoms with Gasteiger partial charge in [0.25, 0.3) is 0 Å². The van der Waals surface area contributed by atoms with Crippen LogP contribution >= 0.6 is 11.6 Å². The summed E-state index contributed by atoms with van der Waals surface area (Å²) in [5.41, 5.74) is 5.52. The summed E-state index contributed by atoms with van der Waals surface area (Å²) in [5.74, 6) is 0.841. The van der Waals surface area contributed by atoms with E-state index in [0.717, 1.165) is 19.3 Å². The number of aromatic nitrogens is 2. The molecule has 16 heavy (non-hydrogen) atoms. The normalized spacial score (nSPS) is 24.6. The molecule has 5 nitrogen and oxygen atoms in total. The molecule has 0 saturated heterocycles. The van der Waals surface area contributed by atoms with Gasteiger partial charge in [-0.2, -0.15) is 4.98 Å². The third-order valence-corrected chi connectivity index (χ3v) is 2.99. The van der Waals surface area contributed by atoms with Crippen LogP contribution in [0.25, 0.3) is 0 Å². The molecule has 1 saturated carbocycles. The molecule has 3 N–H and O–H groups in total. The maximum Gasteiger partial charge on any atom is 0.223 e. The van der Waals surface area contributed by atoms with Crippen molar-refractivity contribution in [1.82, 2.24) is 9.97 Å². The second-order valence-corrected chi connectivity index (χ2v) is 4.28. The zero-order valence-corrected chi connectivity index (χ0v) is 9.87. The fourth-order valence-electron chi connectivity index (χ4n) is 2.07. The van der Waals surface area contributed by atoms with Gasteiger partial charge in [-0.05, 0) is 19.3 Å². The van der Waals surface area contributed by atoms with Gasteiger partial charge in [-0.1, -0.05) is 11.6 Å². The van der Waals surface area contributed by atoms with E-state index in [1.165, 1.54) is 0 Å². The first-order valence-corrected chi connectivity index (χ1v) is 5.66. The number of hydrogen-bond acceptors (Lipinski definition) is 5. The van der Waals surface area contributed by atoms with E-state index in [0.29, 0.717) is 11.0 Å². The van der Waals surface area contributed by atoms with E-state index in [-0.39, 0.29) is 18.1 Å². The minimum absolute atomic E-state index is 0.182. The number of nitrogen functional groups attached to an aromatic ring is 1. The molecular weight excluding hydrogens is 228 g/mol. The highest BCUT2D eigenvalue weighted by Crippen LogP contribution is 2.25. The Hall–Kier alpha value is -1.07. The van der Waals surface area contributed by atoms with Gasteiger partial charge in [0.05, 0.1) is 12.1 Å². The van der Waals surface area contributed by atoms with E-state index in [2.05, 4.69) is 15.3 Å². The average molecular weight is 243 g/mol. The molecule has 1 fully saturated rings. The monoisotopic (exact) mass is 242 g/mol. The van der Waals surface area contributed by atoms with Crippen LogP contribution in [0, 0.1) is 0 Å². The first kappa shape index (κ1) is 11.4. The van der Waals surface area contributed by atoms with E-state index >= 15 is 0 Å². The Morgan fingerprint density at radius 3 is 3.00 bits per heavy atom. The third-order valence-electron chi connectivity index (χ3n) is 2.80. The van der Waals surface area contributed by atoms with Crippen LogP contribution in [0.1, 0.15) is 19.3 Å². The molecule has 1 aliphatic rings. The van der Waals surface area contributed by atoms with Crippen molar-refractivity contribution in [1.29, 1.82) is 0 Å². The third kappa shape index (κ3) is 2.54. The zero-order chi connectivity index (χ0) is 11.5. The lowest BCUT2D eigenvalue weighted by atomic mass is 10.2. The zero-order valence-electron chi connectivity index (χ0n) is 9.11. The Labute approximate surface area is 99.4 Å². The van der Waals surface area contributed by atoms with Gasteiger partial charge in [0.2, 0.25) is 5.95 Å². The van der Waals surface area contributed by atoms with Crippen molar-refractivity contribution in [2.75, 3.05) is 18.2 Å². The van der Waals surface area contributed by atoms with Gasteiger partial charge in [0, 0.05) is 13.2 Å². The van der Waals surface area contributed by atoms with Gasteiger partial charge in [-0.15, -0.1) is 0 Å². The highest BCUT2D eigenvalue weighted by Gasteiger charge is 2.27. The SMILES string of the molecule is COC1CCCC1Nc1cc(Cl)nc(N)n1. The topological polar surface area (TPSA) is 73.1 Å². The molecule has 1 heterocycles. The Morgan fingerprint density at radius 2 is 2.31 bits per heavy atom. The Balaban J connectivity index is 2.08. The van der Waals surface area contributed by atoms with Gasteiger partial charge < -0.3 is 15.8 Å². The summed E-state index contributed by atoms with van der Waals surface area (Å²) in [6, 6.07) is 1.94. The van der Waals surface area contributed by atoms with Gasteiger partial charge >= 0.3 is 0 Å². The molecule has 88 valence electrons. The minimum Gasteiger partial charge on any atom is -0.379 e. The largest absolute Gasteiger partial charge is 0.379 e. The molecule has 1 aliphatic carbocycles. The van der Waals surface area contributed by atoms with Gasteiger partial charge in [-0.3, -0.25) is 0 Å². The molecule has 0 radical (unpaired) electrons. The molecule has 0 aliphatic heterocycles. The molecular formula is C10H15ClN4O. The Morgan fingerprint density at radius 1 is 1.50 bits per heavy atom. The summed E-state index contributed by atoms with van der Waals surface area (Å²) < 4.78 is 5.39. The fraction of sp³-hybridized carbons (Fsp3) is 0.600. The van der Waals surface area contributed by atoms with Crippen molar-refractivity contribution >= 4 is 23.4 Å². The number of ether oxygens (including phenoxy) is 1. The first-order valence-electron chi connectivity index (χ1n) is 5.28. The number of nitrogens with two attached hydrogens (primary N) is 1. The molecule has 0 spiro atoms. The van der Waals surface area contributed by atoms with Gasteiger partial charge in [0.15, 0.2) is 0 Å². The number of hydrogen-bond donors (Lipinski definition) is 2. The highest BCUT2D eigenvalue weighted by molar-refractivity contribution is 6.29. The molecule has 0 bridgehead atoms. The van der Waals surface area contributed by atoms with Crippen molar-refractivity contribution in [3.63, 3.8) is 0 Å². The summed E-state index contributed by atoms with van der Waals surface area (Å²) in [6.07, 6.45) is 3.53. The molecule has 2 atom stereocenters. The summed E-state index contributed by atoms with van der Waals surface area (Å²) in [5, 5.41) is 3.63. The summed E-state index contributed by atoms with van der Waals surface area (Å²) in [6.45, 7) is 0. The molecule has 0 amide bonds. The highest BCUT2D eigenvalue weighted by atomic mass is 35.5. The second kappa shape index (κ2) is 4.84. The van der Waals surface area contributed by atoms with E-state index in [1.54, 1.807) is 13.2 Å². The first-order chi connectivity index (χ1) is 7.69. The number of methoxy groups -OCH3 is 1. The van der Waals surface area contributed by atoms with E-state index in [1.807, 2.05) is 0 Å². The molecule has 6 heteroatoms. The lowest BCUT2D eigenvalue weighted by Gasteiger charge is -2.20. The smallest absolute Gasteiger partial charge is 0.223 e. The maximum atomic E-state index is 5.80. The van der Waals surface area contributed by atoms with Crippen molar-refractivity contribution < 1.29 is 4.74 Å². The van der Waals surface area contributed by atoms with Crippen LogP contribution in [0.5, 0.6) is 0 Å². The quantitative estimate of drug-likeness (QED) is 0.790. The van der Waals surface area contributed by atoms with Crippen LogP contribution < -0.4 is 11.1 Å². The number of halogens is 1. The Bertz CT molecular complexity index is 354. The van der Waals surface area contributed by atoms with Crippen LogP contribution in [0.3, 0.4) is 0 Å². The van der Waals surface area contributed by atoms with E-state index in [4.69, 9.17) is 22.1 Å². The predicted octanol–water partition coefficient (Wildman–Crippen LogP) is 1.69. The maximum absolute atomic E-state index is 5.80. The lowest BCUT2D eigenvalue weighted by molar-refractivity contribution is 0.101. The van der Waals surface area contributed by atoms with Crippen LogP contribution in [0.15, 0.2) is 6.07 Å². The molecule has 2 rings (SSSR count). The van der Waals surface area contributed by atoms with Crippen molar-refractivity contribution in [2.45, 2.75) is 31.4 Å². The van der Waals surface area contributed by atoms with Crippen molar-refractivity contribution in [2.24, 2.45) is 0 Å². The second-order valence-electron chi connectivity index (χ2n) is 3.89. The van der Waals surface area contributed by atoms with Crippen LogP contribution in [-0.2, 0) is 4.74 Å². The number of nitrogens with one attached hydrogen (secondary N) is 1. The van der Waals surface area contributed by atoms with E-state index in [9.17, 15) is 0 Å². The standard InChI is InChI=1S/C10H15ClN4O/c1-16-7-4-2-3-6(7)13-9-5-8(11)14-10(12)15-9/h5-7H,2-4H2,1H3,(H3,12,13,14,15). The van der Waals surface area contributed by atoms with Crippen LogP contribution in [0.4, 0.5) is 11.8 Å². The summed E-state index contributed by atoms with van der Waals surface area (Å²) in [7, 11) is 1.73. The number of nitrogens with zero attached hydrogens (tertiary/aromatic N) is 2. The van der Waals surface area contributed by atoms with E-state index < -0.39 is 0 Å². The molecule has 2 unspecified atom stereocenters. The average Bonchev–Trinajstić information content (AvgIpc) is 2.63. The summed E-state index contributed by atoms with van der Waals surface area (Å²) >= 11 is 5.80. The van der Waals surface area contributed by atoms with Crippen LogP contribution in [0.2, 0.25) is 5.15 Å². The van der Waals surface area contributed by atoms with Crippen molar-refractivity contribution in [3.05, 3.63) is 11.2 Å². The van der Waals surface area contributed by atoms with Gasteiger partial charge in [-0.25, -0.2) is 4.98 Å². The minimum atomic E-state index is 0.182. The van der Waals surface area contributed by atoms with Crippen molar-refractivity contribution in [3.8, 4) is 0 Å². The summed E-state index contributed by atoms with van der Waals surface area (Å²) in [4.78, 5) is 7.89. The molecule has 1 aromatic heterocycles. The molecule has 1 aromatic rings. The van der Waals surface area contributed by atoms with Crippen LogP contribution in [-0.4, -0.2) is 29.2 Å². The molecule has 0 aromatic carbocycles. The predicted molar refractivity (Wildman–Crippen MR) is 63.5 cm³/mol. The fourth-order valence-corrected chi connectivity index (χ4v) is 2.26. The number of anilines is 2. The number of rotatable bonds is 3. The lowest BCUT2D eigenvalue weighted by Crippen LogP contribution is -2.30. The van der Waals surface area contributed by atoms with Gasteiger partial charge in [0.1, 0.15) is 11.0 Å².